The van der Waals surface area contributed by atoms with Gasteiger partial charge in [0.25, 0.3) is 0 Å². The van der Waals surface area contributed by atoms with Gasteiger partial charge >= 0.3 is 0 Å². The number of aromatic nitrogens is 1. The number of pyridine rings is 1. The van der Waals surface area contributed by atoms with E-state index in [2.05, 4.69) is 32.2 Å². The molecule has 0 aliphatic heterocycles. The maximum absolute atomic E-state index is 14.0. The van der Waals surface area contributed by atoms with Crippen molar-refractivity contribution < 1.29 is 8.94 Å². The van der Waals surface area contributed by atoms with Crippen LogP contribution in [0, 0.1) is 5.82 Å². The fourth-order valence-corrected chi connectivity index (χ4v) is 3.04. The van der Waals surface area contributed by atoms with Gasteiger partial charge in [-0.2, -0.15) is 0 Å². The van der Waals surface area contributed by atoms with Crippen LogP contribution in [0.15, 0.2) is 29.5 Å². The highest BCUT2D eigenvalue weighted by atomic mass is 79.9. The van der Waals surface area contributed by atoms with Gasteiger partial charge in [0, 0.05) is 27.6 Å². The van der Waals surface area contributed by atoms with Crippen molar-refractivity contribution in [2.24, 2.45) is 0 Å². The molecule has 1 unspecified atom stereocenters. The van der Waals surface area contributed by atoms with Gasteiger partial charge in [-0.25, -0.2) is 4.39 Å². The Kier molecular flexibility index (Phi) is 6.64. The summed E-state index contributed by atoms with van der Waals surface area (Å²) >= 11 is 2.03. The van der Waals surface area contributed by atoms with Crippen LogP contribution in [0.2, 0.25) is 0 Å². The minimum atomic E-state index is -1.28. The molecule has 0 fully saturated rings. The van der Waals surface area contributed by atoms with Crippen molar-refractivity contribution in [3.05, 3.63) is 40.9 Å². The van der Waals surface area contributed by atoms with E-state index in [1.54, 1.807) is 12.3 Å². The lowest BCUT2D eigenvalue weighted by atomic mass is 10.0. The summed E-state index contributed by atoms with van der Waals surface area (Å²) in [6, 6.07) is -0.356. The summed E-state index contributed by atoms with van der Waals surface area (Å²) in [5, 5.41) is 0. The molecule has 6 heteroatoms. The fraction of sp³-hybridized carbons (Fsp3) is 0.500. The highest BCUT2D eigenvalue weighted by molar-refractivity contribution is 9.10. The summed E-state index contributed by atoms with van der Waals surface area (Å²) in [6.45, 7) is 9.30. The van der Waals surface area contributed by atoms with Crippen LogP contribution in [-0.2, 0) is 11.4 Å². The summed E-state index contributed by atoms with van der Waals surface area (Å²) in [7, 11) is 0. The molecule has 1 heterocycles. The quantitative estimate of drug-likeness (QED) is 0.613. The van der Waals surface area contributed by atoms with Crippen LogP contribution in [0.25, 0.3) is 0 Å². The molecule has 0 aliphatic rings. The van der Waals surface area contributed by atoms with E-state index in [1.807, 2.05) is 20.8 Å². The van der Waals surface area contributed by atoms with Crippen molar-refractivity contribution in [3.8, 4) is 0 Å². The lowest BCUT2D eigenvalue weighted by molar-refractivity contribution is 0.496. The second-order valence-electron chi connectivity index (χ2n) is 5.43. The first-order chi connectivity index (χ1) is 9.27. The monoisotopic (exact) mass is 362 g/mol. The van der Waals surface area contributed by atoms with Gasteiger partial charge in [-0.15, -0.1) is 11.3 Å². The average molecular weight is 363 g/mol. The minimum Gasteiger partial charge on any atom is -0.598 e. The number of hydrogen-bond acceptors (Lipinski definition) is 3. The number of allylic oxidation sites excluding steroid dienone is 1. The van der Waals surface area contributed by atoms with E-state index >= 15 is 0 Å². The van der Waals surface area contributed by atoms with Gasteiger partial charge in [-0.1, -0.05) is 6.08 Å². The second-order valence-corrected chi connectivity index (χ2v) is 8.29. The smallest absolute Gasteiger partial charge is 0.147 e. The van der Waals surface area contributed by atoms with Crippen molar-refractivity contribution in [1.82, 2.24) is 9.71 Å². The normalized spacial score (nSPS) is 14.9. The van der Waals surface area contributed by atoms with Crippen molar-refractivity contribution >= 4 is 27.3 Å². The van der Waals surface area contributed by atoms with E-state index < -0.39 is 21.9 Å². The first-order valence-electron chi connectivity index (χ1n) is 6.35. The number of halogens is 2. The Balaban J connectivity index is 3.03. The van der Waals surface area contributed by atoms with Gasteiger partial charge in [0.15, 0.2) is 0 Å². The first kappa shape index (κ1) is 17.6. The van der Waals surface area contributed by atoms with E-state index in [1.165, 1.54) is 6.20 Å². The van der Waals surface area contributed by atoms with Crippen LogP contribution in [0.5, 0.6) is 0 Å². The highest BCUT2D eigenvalue weighted by Crippen LogP contribution is 2.30. The third-order valence-electron chi connectivity index (χ3n) is 2.70. The zero-order chi connectivity index (χ0) is 15.3. The standard InChI is InChI=1S/C14H20BrFN2OS/c1-5-6-7-12(18-20(19)14(2,3)4)13-10(15)8-17-9-11(13)16/h5,8-9,12,18H,1,6-7H2,2-4H3/t12?,20-/m0/s1. The third-order valence-corrected chi connectivity index (χ3v) is 4.95. The lowest BCUT2D eigenvalue weighted by Gasteiger charge is -2.28. The Hall–Kier alpha value is -0.430. The van der Waals surface area contributed by atoms with E-state index in [4.69, 9.17) is 0 Å². The molecule has 2 atom stereocenters. The zero-order valence-electron chi connectivity index (χ0n) is 12.0. The lowest BCUT2D eigenvalue weighted by Crippen LogP contribution is -2.41. The summed E-state index contributed by atoms with van der Waals surface area (Å²) in [6.07, 6.45) is 5.80. The maximum atomic E-state index is 14.0. The van der Waals surface area contributed by atoms with Crippen LogP contribution in [-0.4, -0.2) is 14.3 Å². The molecule has 1 N–H and O–H groups in total. The predicted octanol–water partition coefficient (Wildman–Crippen LogP) is 4.04. The Morgan fingerprint density at radius 1 is 1.55 bits per heavy atom. The summed E-state index contributed by atoms with van der Waals surface area (Å²) in [5.41, 5.74) is 0.458. The molecule has 0 amide bonds. The van der Waals surface area contributed by atoms with Gasteiger partial charge in [0.05, 0.1) is 12.2 Å². The SMILES string of the molecule is C=CCCC(N[S@@+]([O-])C(C)(C)C)c1c(F)cncc1Br. The molecular formula is C14H20BrFN2OS. The van der Waals surface area contributed by atoms with E-state index in [0.29, 0.717) is 22.9 Å². The largest absolute Gasteiger partial charge is 0.598 e. The van der Waals surface area contributed by atoms with E-state index in [-0.39, 0.29) is 6.04 Å². The Morgan fingerprint density at radius 2 is 2.20 bits per heavy atom. The number of nitrogens with one attached hydrogen (secondary N) is 1. The summed E-state index contributed by atoms with van der Waals surface area (Å²) in [5.74, 6) is -0.410. The molecule has 0 saturated heterocycles. The Labute approximate surface area is 131 Å². The predicted molar refractivity (Wildman–Crippen MR) is 85.1 cm³/mol. The van der Waals surface area contributed by atoms with Gasteiger partial charge in [-0.3, -0.25) is 4.98 Å². The molecule has 0 spiro atoms. The summed E-state index contributed by atoms with van der Waals surface area (Å²) in [4.78, 5) is 3.79. The Bertz CT molecular complexity index is 445. The molecule has 1 rings (SSSR count). The molecule has 1 aromatic rings. The molecule has 112 valence electrons. The van der Waals surface area contributed by atoms with Crippen molar-refractivity contribution in [3.63, 3.8) is 0 Å². The number of rotatable bonds is 6. The third kappa shape index (κ3) is 4.84. The minimum absolute atomic E-state index is 0.356. The molecule has 0 aliphatic carbocycles. The van der Waals surface area contributed by atoms with Gasteiger partial charge in [-0.05, 0) is 49.5 Å². The second kappa shape index (κ2) is 7.54. The fourth-order valence-electron chi connectivity index (χ4n) is 1.61. The molecule has 0 radical (unpaired) electrons. The number of nitrogens with zero attached hydrogens (tertiary/aromatic N) is 1. The van der Waals surface area contributed by atoms with Crippen molar-refractivity contribution in [2.75, 3.05) is 0 Å². The van der Waals surface area contributed by atoms with Crippen molar-refractivity contribution in [2.45, 2.75) is 44.4 Å². The van der Waals surface area contributed by atoms with Crippen LogP contribution in [0.3, 0.4) is 0 Å². The molecular weight excluding hydrogens is 343 g/mol. The van der Waals surface area contributed by atoms with E-state index in [0.717, 1.165) is 0 Å². The molecule has 0 bridgehead atoms. The topological polar surface area (TPSA) is 48.0 Å². The maximum Gasteiger partial charge on any atom is 0.147 e. The van der Waals surface area contributed by atoms with Crippen LogP contribution in [0.4, 0.5) is 4.39 Å². The summed E-state index contributed by atoms with van der Waals surface area (Å²) < 4.78 is 29.4. The van der Waals surface area contributed by atoms with Gasteiger partial charge < -0.3 is 4.55 Å². The molecule has 0 saturated carbocycles. The van der Waals surface area contributed by atoms with Crippen LogP contribution >= 0.6 is 15.9 Å². The van der Waals surface area contributed by atoms with Crippen molar-refractivity contribution in [1.29, 1.82) is 0 Å². The number of hydrogen-bond donors (Lipinski definition) is 1. The van der Waals surface area contributed by atoms with Crippen LogP contribution < -0.4 is 4.72 Å². The molecule has 20 heavy (non-hydrogen) atoms. The zero-order valence-corrected chi connectivity index (χ0v) is 14.4. The molecule has 1 aromatic heterocycles. The molecule has 3 nitrogen and oxygen atoms in total. The highest BCUT2D eigenvalue weighted by Gasteiger charge is 2.31. The van der Waals surface area contributed by atoms with E-state index in [9.17, 15) is 8.94 Å². The molecule has 0 aromatic carbocycles. The van der Waals surface area contributed by atoms with Gasteiger partial charge in [0.1, 0.15) is 10.6 Å². The van der Waals surface area contributed by atoms with Gasteiger partial charge in [0.2, 0.25) is 0 Å². The average Bonchev–Trinajstić information content (AvgIpc) is 2.34. The Morgan fingerprint density at radius 3 is 2.70 bits per heavy atom. The van der Waals surface area contributed by atoms with Crippen LogP contribution in [0.1, 0.15) is 45.2 Å². The first-order valence-corrected chi connectivity index (χ1v) is 8.29.